The van der Waals surface area contributed by atoms with Gasteiger partial charge in [-0.05, 0) is 24.6 Å². The van der Waals surface area contributed by atoms with Crippen molar-refractivity contribution in [2.45, 2.75) is 12.5 Å². The van der Waals surface area contributed by atoms with Crippen LogP contribution in [0.5, 0.6) is 11.5 Å². The lowest BCUT2D eigenvalue weighted by Crippen LogP contribution is -2.15. The summed E-state index contributed by atoms with van der Waals surface area (Å²) in [7, 11) is 1.32. The predicted octanol–water partition coefficient (Wildman–Crippen LogP) is 1.08. The summed E-state index contributed by atoms with van der Waals surface area (Å²) >= 11 is 0. The zero-order chi connectivity index (χ0) is 13.0. The third-order valence-corrected chi connectivity index (χ3v) is 2.40. The van der Waals surface area contributed by atoms with Gasteiger partial charge in [-0.25, -0.2) is 0 Å². The Morgan fingerprint density at radius 1 is 1.56 bits per heavy atom. The SMILES string of the molecule is COc1cc([C@H](N)CCN)cc([N+](=O)[O-])c1O.Cl. The molecule has 0 aliphatic rings. The number of hydrogen-bond acceptors (Lipinski definition) is 6. The quantitative estimate of drug-likeness (QED) is 0.546. The molecule has 0 aliphatic heterocycles. The molecule has 5 N–H and O–H groups in total. The lowest BCUT2D eigenvalue weighted by molar-refractivity contribution is -0.386. The van der Waals surface area contributed by atoms with Crippen molar-refractivity contribution in [2.75, 3.05) is 13.7 Å². The number of hydrogen-bond donors (Lipinski definition) is 3. The van der Waals surface area contributed by atoms with Crippen LogP contribution in [0.3, 0.4) is 0 Å². The highest BCUT2D eigenvalue weighted by Crippen LogP contribution is 2.38. The number of nitrogens with zero attached hydrogens (tertiary/aromatic N) is 1. The number of ether oxygens (including phenoxy) is 1. The van der Waals surface area contributed by atoms with Gasteiger partial charge >= 0.3 is 5.69 Å². The number of nitro groups is 1. The molecular formula is C10H16ClN3O4. The normalized spacial score (nSPS) is 11.5. The third-order valence-electron chi connectivity index (χ3n) is 2.40. The van der Waals surface area contributed by atoms with Crippen molar-refractivity contribution < 1.29 is 14.8 Å². The van der Waals surface area contributed by atoms with Crippen LogP contribution in [0.2, 0.25) is 0 Å². The number of nitrogens with two attached hydrogens (primary N) is 2. The Morgan fingerprint density at radius 2 is 2.17 bits per heavy atom. The maximum Gasteiger partial charge on any atom is 0.314 e. The van der Waals surface area contributed by atoms with E-state index in [0.29, 0.717) is 18.5 Å². The molecule has 1 rings (SSSR count). The Balaban J connectivity index is 0.00000289. The van der Waals surface area contributed by atoms with Crippen molar-refractivity contribution in [2.24, 2.45) is 11.5 Å². The summed E-state index contributed by atoms with van der Waals surface area (Å²) in [4.78, 5) is 10.1. The molecule has 0 radical (unpaired) electrons. The van der Waals surface area contributed by atoms with Gasteiger partial charge in [0.25, 0.3) is 0 Å². The minimum Gasteiger partial charge on any atom is -0.500 e. The summed E-state index contributed by atoms with van der Waals surface area (Å²) in [6.45, 7) is 0.373. The van der Waals surface area contributed by atoms with E-state index >= 15 is 0 Å². The molecule has 0 aromatic heterocycles. The number of benzene rings is 1. The predicted molar refractivity (Wildman–Crippen MR) is 69.2 cm³/mol. The molecule has 1 aromatic carbocycles. The molecule has 0 bridgehead atoms. The Morgan fingerprint density at radius 3 is 2.61 bits per heavy atom. The number of phenols is 1. The Kier molecular flexibility index (Phi) is 6.39. The number of methoxy groups -OCH3 is 1. The van der Waals surface area contributed by atoms with E-state index in [0.717, 1.165) is 0 Å². The Labute approximate surface area is 110 Å². The van der Waals surface area contributed by atoms with E-state index in [1.165, 1.54) is 19.2 Å². The molecule has 0 saturated heterocycles. The van der Waals surface area contributed by atoms with Crippen molar-refractivity contribution in [3.05, 3.63) is 27.8 Å². The monoisotopic (exact) mass is 277 g/mol. The molecule has 0 fully saturated rings. The summed E-state index contributed by atoms with van der Waals surface area (Å²) in [5.41, 5.74) is 11.3. The topological polar surface area (TPSA) is 125 Å². The van der Waals surface area contributed by atoms with Crippen LogP contribution in [0, 0.1) is 10.1 Å². The summed E-state index contributed by atoms with van der Waals surface area (Å²) in [6.07, 6.45) is 0.491. The van der Waals surface area contributed by atoms with E-state index in [2.05, 4.69) is 0 Å². The van der Waals surface area contributed by atoms with Crippen LogP contribution in [-0.2, 0) is 0 Å². The molecule has 7 nitrogen and oxygen atoms in total. The molecular weight excluding hydrogens is 262 g/mol. The number of rotatable bonds is 5. The molecule has 0 aliphatic carbocycles. The largest absolute Gasteiger partial charge is 0.500 e. The fourth-order valence-electron chi connectivity index (χ4n) is 1.47. The Bertz CT molecular complexity index is 428. The molecule has 8 heteroatoms. The molecule has 0 spiro atoms. The number of aromatic hydroxyl groups is 1. The van der Waals surface area contributed by atoms with Crippen molar-refractivity contribution in [3.8, 4) is 11.5 Å². The van der Waals surface area contributed by atoms with Gasteiger partial charge in [0.15, 0.2) is 5.75 Å². The summed E-state index contributed by atoms with van der Waals surface area (Å²) in [5, 5.41) is 20.3. The molecule has 1 atom stereocenters. The van der Waals surface area contributed by atoms with E-state index in [4.69, 9.17) is 16.2 Å². The summed E-state index contributed by atoms with van der Waals surface area (Å²) < 4.78 is 4.86. The number of halogens is 1. The van der Waals surface area contributed by atoms with Crippen molar-refractivity contribution in [1.82, 2.24) is 0 Å². The van der Waals surface area contributed by atoms with E-state index in [1.807, 2.05) is 0 Å². The number of nitro benzene ring substituents is 1. The first kappa shape index (κ1) is 16.4. The van der Waals surface area contributed by atoms with Crippen LogP contribution >= 0.6 is 12.4 Å². The maximum atomic E-state index is 10.7. The average molecular weight is 278 g/mol. The number of phenolic OH excluding ortho intramolecular Hbond substituents is 1. The van der Waals surface area contributed by atoms with Crippen LogP contribution in [-0.4, -0.2) is 23.7 Å². The van der Waals surface area contributed by atoms with E-state index in [1.54, 1.807) is 0 Å². The Hall–Kier alpha value is -1.57. The van der Waals surface area contributed by atoms with Gasteiger partial charge < -0.3 is 21.3 Å². The fourth-order valence-corrected chi connectivity index (χ4v) is 1.47. The molecule has 0 amide bonds. The first-order valence-electron chi connectivity index (χ1n) is 5.02. The maximum absolute atomic E-state index is 10.7. The van der Waals surface area contributed by atoms with Crippen LogP contribution in [0.25, 0.3) is 0 Å². The standard InChI is InChI=1S/C10H15N3O4.ClH/c1-17-9-5-6(7(12)2-3-11)4-8(10(9)14)13(15)16;/h4-5,7,14H,2-3,11-12H2,1H3;1H/t7-;/m1./s1. The van der Waals surface area contributed by atoms with Gasteiger partial charge in [-0.2, -0.15) is 0 Å². The average Bonchev–Trinajstić information content (AvgIpc) is 2.29. The van der Waals surface area contributed by atoms with Crippen LogP contribution < -0.4 is 16.2 Å². The molecule has 102 valence electrons. The molecule has 18 heavy (non-hydrogen) atoms. The second kappa shape index (κ2) is 7.00. The first-order valence-corrected chi connectivity index (χ1v) is 5.02. The van der Waals surface area contributed by atoms with Gasteiger partial charge in [-0.1, -0.05) is 0 Å². The van der Waals surface area contributed by atoms with Gasteiger partial charge in [-0.3, -0.25) is 10.1 Å². The van der Waals surface area contributed by atoms with Crippen LogP contribution in [0.15, 0.2) is 12.1 Å². The van der Waals surface area contributed by atoms with E-state index < -0.39 is 22.4 Å². The zero-order valence-corrected chi connectivity index (χ0v) is 10.6. The van der Waals surface area contributed by atoms with Gasteiger partial charge in [0.05, 0.1) is 12.0 Å². The zero-order valence-electron chi connectivity index (χ0n) is 9.83. The van der Waals surface area contributed by atoms with Crippen molar-refractivity contribution >= 4 is 18.1 Å². The van der Waals surface area contributed by atoms with E-state index in [9.17, 15) is 15.2 Å². The lowest BCUT2D eigenvalue weighted by atomic mass is 10.0. The second-order valence-electron chi connectivity index (χ2n) is 3.53. The van der Waals surface area contributed by atoms with Gasteiger partial charge in [0, 0.05) is 12.1 Å². The van der Waals surface area contributed by atoms with Crippen LogP contribution in [0.4, 0.5) is 5.69 Å². The van der Waals surface area contributed by atoms with Gasteiger partial charge in [-0.15, -0.1) is 12.4 Å². The van der Waals surface area contributed by atoms with Crippen molar-refractivity contribution in [3.63, 3.8) is 0 Å². The highest BCUT2D eigenvalue weighted by Gasteiger charge is 2.21. The molecule has 1 aromatic rings. The first-order chi connectivity index (χ1) is 8.01. The second-order valence-corrected chi connectivity index (χ2v) is 3.53. The van der Waals surface area contributed by atoms with Gasteiger partial charge in [0.2, 0.25) is 5.75 Å². The molecule has 0 unspecified atom stereocenters. The van der Waals surface area contributed by atoms with E-state index in [-0.39, 0.29) is 18.2 Å². The smallest absolute Gasteiger partial charge is 0.314 e. The fraction of sp³-hybridized carbons (Fsp3) is 0.400. The summed E-state index contributed by atoms with van der Waals surface area (Å²) in [5.74, 6) is -0.470. The molecule has 0 saturated carbocycles. The molecule has 0 heterocycles. The highest BCUT2D eigenvalue weighted by molar-refractivity contribution is 5.85. The minimum absolute atomic E-state index is 0. The third kappa shape index (κ3) is 3.46. The van der Waals surface area contributed by atoms with Gasteiger partial charge in [0.1, 0.15) is 0 Å². The minimum atomic E-state index is -0.684. The highest BCUT2D eigenvalue weighted by atomic mass is 35.5. The summed E-state index contributed by atoms with van der Waals surface area (Å²) in [6, 6.07) is 2.29. The van der Waals surface area contributed by atoms with Crippen LogP contribution in [0.1, 0.15) is 18.0 Å². The van der Waals surface area contributed by atoms with Crippen molar-refractivity contribution in [1.29, 1.82) is 0 Å². The lowest BCUT2D eigenvalue weighted by Gasteiger charge is -2.13.